The summed E-state index contributed by atoms with van der Waals surface area (Å²) < 4.78 is 26.6. The number of carbonyl (C=O) groups excluding carboxylic acids is 2. The fourth-order valence-electron chi connectivity index (χ4n) is 2.83. The first-order valence-corrected chi connectivity index (χ1v) is 12.0. The molecule has 0 fully saturated rings. The van der Waals surface area contributed by atoms with Crippen molar-refractivity contribution in [1.29, 1.82) is 0 Å². The Bertz CT molecular complexity index is 1010. The van der Waals surface area contributed by atoms with Gasteiger partial charge in [0.2, 0.25) is 21.8 Å². The van der Waals surface area contributed by atoms with E-state index in [1.165, 1.54) is 18.0 Å². The minimum atomic E-state index is -3.80. The fraction of sp³-hybridized carbons (Fsp3) is 0.300. The van der Waals surface area contributed by atoms with Crippen LogP contribution in [0.3, 0.4) is 0 Å². The number of carbonyl (C=O) groups is 2. The Morgan fingerprint density at radius 1 is 1.13 bits per heavy atom. The summed E-state index contributed by atoms with van der Waals surface area (Å²) in [5.41, 5.74) is 0.997. The van der Waals surface area contributed by atoms with Gasteiger partial charge < -0.3 is 10.2 Å². The van der Waals surface area contributed by atoms with Gasteiger partial charge in [0.15, 0.2) is 0 Å². The minimum absolute atomic E-state index is 0.140. The third kappa shape index (κ3) is 6.20. The zero-order chi connectivity index (χ0) is 22.5. The molecule has 2 rings (SSSR count). The van der Waals surface area contributed by atoms with E-state index in [0.29, 0.717) is 0 Å². The van der Waals surface area contributed by atoms with E-state index < -0.39 is 28.5 Å². The van der Waals surface area contributed by atoms with Crippen molar-refractivity contribution in [1.82, 2.24) is 10.2 Å². The molecule has 10 heteroatoms. The SMILES string of the molecule is CNC(=O)C(C)N(Cc1ccc(Br)cc1)C(=O)CN(c1ccccc1Cl)S(C)(=O)=O. The van der Waals surface area contributed by atoms with E-state index in [1.54, 1.807) is 25.1 Å². The number of hydrogen-bond acceptors (Lipinski definition) is 4. The third-order valence-corrected chi connectivity index (χ3v) is 6.45. The van der Waals surface area contributed by atoms with Gasteiger partial charge in [-0.1, -0.05) is 51.8 Å². The maximum Gasteiger partial charge on any atom is 0.244 e. The lowest BCUT2D eigenvalue weighted by atomic mass is 10.1. The minimum Gasteiger partial charge on any atom is -0.357 e. The number of hydrogen-bond donors (Lipinski definition) is 1. The van der Waals surface area contributed by atoms with Gasteiger partial charge in [-0.2, -0.15) is 0 Å². The van der Waals surface area contributed by atoms with E-state index in [4.69, 9.17) is 11.6 Å². The molecule has 0 heterocycles. The number of para-hydroxylation sites is 1. The number of rotatable bonds is 8. The quantitative estimate of drug-likeness (QED) is 0.584. The van der Waals surface area contributed by atoms with Crippen molar-refractivity contribution in [3.8, 4) is 0 Å². The van der Waals surface area contributed by atoms with Crippen LogP contribution in [0.25, 0.3) is 0 Å². The molecule has 2 aromatic rings. The molecular formula is C20H23BrClN3O4S. The zero-order valence-corrected chi connectivity index (χ0v) is 20.0. The highest BCUT2D eigenvalue weighted by Crippen LogP contribution is 2.27. The van der Waals surface area contributed by atoms with E-state index >= 15 is 0 Å². The van der Waals surface area contributed by atoms with Crippen LogP contribution in [0.2, 0.25) is 5.02 Å². The summed E-state index contributed by atoms with van der Waals surface area (Å²) in [5, 5.41) is 2.73. The molecule has 0 aromatic heterocycles. The highest BCUT2D eigenvalue weighted by molar-refractivity contribution is 9.10. The average Bonchev–Trinajstić information content (AvgIpc) is 2.70. The first-order valence-electron chi connectivity index (χ1n) is 9.02. The van der Waals surface area contributed by atoms with Crippen molar-refractivity contribution < 1.29 is 18.0 Å². The van der Waals surface area contributed by atoms with Gasteiger partial charge in [-0.3, -0.25) is 13.9 Å². The second-order valence-corrected chi connectivity index (χ2v) is 9.89. The number of amides is 2. The van der Waals surface area contributed by atoms with Gasteiger partial charge in [0.05, 0.1) is 17.0 Å². The van der Waals surface area contributed by atoms with Crippen LogP contribution in [-0.2, 0) is 26.2 Å². The summed E-state index contributed by atoms with van der Waals surface area (Å²) in [5.74, 6) is -0.886. The van der Waals surface area contributed by atoms with Gasteiger partial charge in [0, 0.05) is 18.1 Å². The van der Waals surface area contributed by atoms with Crippen LogP contribution in [0.5, 0.6) is 0 Å². The number of likely N-dealkylation sites (N-methyl/N-ethyl adjacent to an activating group) is 1. The number of benzene rings is 2. The van der Waals surface area contributed by atoms with Crippen LogP contribution >= 0.6 is 27.5 Å². The van der Waals surface area contributed by atoms with Crippen molar-refractivity contribution >= 4 is 55.1 Å². The number of nitrogens with zero attached hydrogens (tertiary/aromatic N) is 2. The summed E-state index contributed by atoms with van der Waals surface area (Å²) in [6.45, 7) is 1.25. The molecule has 2 amide bonds. The summed E-state index contributed by atoms with van der Waals surface area (Å²) in [6, 6.07) is 12.9. The number of nitrogens with one attached hydrogen (secondary N) is 1. The Kier molecular flexibility index (Phi) is 8.28. The molecule has 0 saturated heterocycles. The molecule has 0 aliphatic rings. The molecule has 1 unspecified atom stereocenters. The largest absolute Gasteiger partial charge is 0.357 e. The van der Waals surface area contributed by atoms with Crippen molar-refractivity contribution in [2.75, 3.05) is 24.2 Å². The summed E-state index contributed by atoms with van der Waals surface area (Å²) in [7, 11) is -2.32. The van der Waals surface area contributed by atoms with E-state index in [1.807, 2.05) is 24.3 Å². The summed E-state index contributed by atoms with van der Waals surface area (Å²) in [6.07, 6.45) is 1.00. The number of anilines is 1. The highest BCUT2D eigenvalue weighted by atomic mass is 79.9. The maximum absolute atomic E-state index is 13.2. The first-order chi connectivity index (χ1) is 14.0. The second kappa shape index (κ2) is 10.3. The molecule has 30 heavy (non-hydrogen) atoms. The monoisotopic (exact) mass is 515 g/mol. The lowest BCUT2D eigenvalue weighted by Gasteiger charge is -2.31. The smallest absolute Gasteiger partial charge is 0.244 e. The Balaban J connectivity index is 2.38. The predicted molar refractivity (Wildman–Crippen MR) is 122 cm³/mol. The molecule has 7 nitrogen and oxygen atoms in total. The Morgan fingerprint density at radius 3 is 2.27 bits per heavy atom. The normalized spacial score (nSPS) is 12.2. The van der Waals surface area contributed by atoms with Gasteiger partial charge >= 0.3 is 0 Å². The highest BCUT2D eigenvalue weighted by Gasteiger charge is 2.30. The summed E-state index contributed by atoms with van der Waals surface area (Å²) >= 11 is 9.53. The van der Waals surface area contributed by atoms with E-state index in [-0.39, 0.29) is 23.2 Å². The van der Waals surface area contributed by atoms with Gasteiger partial charge in [-0.05, 0) is 36.8 Å². The molecule has 0 radical (unpaired) electrons. The number of halogens is 2. The average molecular weight is 517 g/mol. The van der Waals surface area contributed by atoms with Crippen LogP contribution in [0.15, 0.2) is 53.0 Å². The molecule has 2 aromatic carbocycles. The molecule has 0 bridgehead atoms. The van der Waals surface area contributed by atoms with Crippen molar-refractivity contribution in [2.45, 2.75) is 19.5 Å². The Morgan fingerprint density at radius 2 is 1.73 bits per heavy atom. The molecular weight excluding hydrogens is 494 g/mol. The van der Waals surface area contributed by atoms with E-state index in [0.717, 1.165) is 20.6 Å². The first kappa shape index (κ1) is 24.2. The Hall–Kier alpha value is -2.10. The molecule has 162 valence electrons. The van der Waals surface area contributed by atoms with Crippen LogP contribution < -0.4 is 9.62 Å². The molecule has 0 aliphatic heterocycles. The van der Waals surface area contributed by atoms with Crippen LogP contribution in [0.1, 0.15) is 12.5 Å². The van der Waals surface area contributed by atoms with Crippen LogP contribution in [0.4, 0.5) is 5.69 Å². The second-order valence-electron chi connectivity index (χ2n) is 6.66. The van der Waals surface area contributed by atoms with Crippen LogP contribution in [-0.4, -0.2) is 51.0 Å². The van der Waals surface area contributed by atoms with Gasteiger partial charge in [-0.15, -0.1) is 0 Å². The maximum atomic E-state index is 13.2. The van der Waals surface area contributed by atoms with E-state index in [2.05, 4.69) is 21.2 Å². The zero-order valence-electron chi connectivity index (χ0n) is 16.8. The fourth-order valence-corrected chi connectivity index (χ4v) is 4.24. The van der Waals surface area contributed by atoms with Crippen molar-refractivity contribution in [2.24, 2.45) is 0 Å². The van der Waals surface area contributed by atoms with Crippen molar-refractivity contribution in [3.63, 3.8) is 0 Å². The lowest BCUT2D eigenvalue weighted by molar-refractivity contribution is -0.139. The standard InChI is InChI=1S/C20H23BrClN3O4S/c1-14(20(27)23-2)24(12-15-8-10-16(21)11-9-15)19(26)13-25(30(3,28)29)18-7-5-4-6-17(18)22/h4-11,14H,12-13H2,1-3H3,(H,23,27). The number of sulfonamides is 1. The molecule has 1 atom stereocenters. The lowest BCUT2D eigenvalue weighted by Crippen LogP contribution is -2.50. The molecule has 0 saturated carbocycles. The Labute approximate surface area is 190 Å². The third-order valence-electron chi connectivity index (χ3n) is 4.48. The van der Waals surface area contributed by atoms with Crippen molar-refractivity contribution in [3.05, 3.63) is 63.6 Å². The molecule has 0 spiro atoms. The molecule has 1 N–H and O–H groups in total. The van der Waals surface area contributed by atoms with E-state index in [9.17, 15) is 18.0 Å². The molecule has 0 aliphatic carbocycles. The van der Waals surface area contributed by atoms with Crippen LogP contribution in [0, 0.1) is 0 Å². The topological polar surface area (TPSA) is 86.8 Å². The predicted octanol–water partition coefficient (Wildman–Crippen LogP) is 3.03. The van der Waals surface area contributed by atoms with Gasteiger partial charge in [-0.25, -0.2) is 8.42 Å². The van der Waals surface area contributed by atoms with Gasteiger partial charge in [0.25, 0.3) is 0 Å². The summed E-state index contributed by atoms with van der Waals surface area (Å²) in [4.78, 5) is 26.8. The van der Waals surface area contributed by atoms with Gasteiger partial charge in [0.1, 0.15) is 12.6 Å².